The molecule has 1 unspecified atom stereocenters. The van der Waals surface area contributed by atoms with E-state index in [9.17, 15) is 0 Å². The summed E-state index contributed by atoms with van der Waals surface area (Å²) in [6.45, 7) is 1.01. The van der Waals surface area contributed by atoms with Gasteiger partial charge in [-0.15, -0.1) is 0 Å². The second kappa shape index (κ2) is 5.02. The minimum Gasteiger partial charge on any atom is -0.320 e. The molecule has 1 nitrogen and oxygen atoms in total. The summed E-state index contributed by atoms with van der Waals surface area (Å²) in [6, 6.07) is 19.5. The van der Waals surface area contributed by atoms with Gasteiger partial charge in [-0.25, -0.2) is 0 Å². The summed E-state index contributed by atoms with van der Waals surface area (Å²) < 4.78 is 0. The maximum absolute atomic E-state index is 3.29. The average Bonchev–Trinajstić information content (AvgIpc) is 2.86. The van der Waals surface area contributed by atoms with Gasteiger partial charge in [0.2, 0.25) is 0 Å². The zero-order valence-electron chi connectivity index (χ0n) is 11.3. The highest BCUT2D eigenvalue weighted by atomic mass is 14.8. The fourth-order valence-electron chi connectivity index (χ4n) is 3.04. The van der Waals surface area contributed by atoms with Crippen LogP contribution in [0.2, 0.25) is 0 Å². The second-order valence-electron chi connectivity index (χ2n) is 5.11. The van der Waals surface area contributed by atoms with E-state index < -0.39 is 0 Å². The van der Waals surface area contributed by atoms with E-state index in [1.807, 2.05) is 7.05 Å². The van der Waals surface area contributed by atoms with E-state index in [0.29, 0.717) is 0 Å². The SMILES string of the molecule is CNCCC1(c2ccccc2)C=Cc2ccccc21. The van der Waals surface area contributed by atoms with E-state index >= 15 is 0 Å². The summed E-state index contributed by atoms with van der Waals surface area (Å²) in [5.74, 6) is 0. The van der Waals surface area contributed by atoms with E-state index in [1.54, 1.807) is 0 Å². The Morgan fingerprint density at radius 3 is 2.47 bits per heavy atom. The highest BCUT2D eigenvalue weighted by Gasteiger charge is 2.35. The standard InChI is InChI=1S/C18H19N/c1-19-14-13-18(16-8-3-2-4-9-16)12-11-15-7-5-6-10-17(15)18/h2-12,19H,13-14H2,1H3. The highest BCUT2D eigenvalue weighted by Crippen LogP contribution is 2.43. The quantitative estimate of drug-likeness (QED) is 0.873. The third-order valence-corrected chi connectivity index (χ3v) is 4.05. The van der Waals surface area contributed by atoms with Crippen molar-refractivity contribution in [2.24, 2.45) is 0 Å². The fraction of sp³-hybridized carbons (Fsp3) is 0.222. The molecular weight excluding hydrogens is 230 g/mol. The van der Waals surface area contributed by atoms with Crippen LogP contribution in [0, 0.1) is 0 Å². The summed E-state index contributed by atoms with van der Waals surface area (Å²) in [7, 11) is 2.02. The Morgan fingerprint density at radius 1 is 0.947 bits per heavy atom. The molecular formula is C18H19N. The lowest BCUT2D eigenvalue weighted by molar-refractivity contribution is 0.564. The van der Waals surface area contributed by atoms with Gasteiger partial charge in [-0.2, -0.15) is 0 Å². The molecule has 1 heteroatoms. The number of hydrogen-bond acceptors (Lipinski definition) is 1. The second-order valence-corrected chi connectivity index (χ2v) is 5.11. The smallest absolute Gasteiger partial charge is 0.0403 e. The summed E-state index contributed by atoms with van der Waals surface area (Å²) in [4.78, 5) is 0. The largest absolute Gasteiger partial charge is 0.320 e. The normalized spacial score (nSPS) is 20.5. The Balaban J connectivity index is 2.12. The number of hydrogen-bond donors (Lipinski definition) is 1. The van der Waals surface area contributed by atoms with Gasteiger partial charge in [0, 0.05) is 5.41 Å². The van der Waals surface area contributed by atoms with Crippen LogP contribution in [-0.4, -0.2) is 13.6 Å². The highest BCUT2D eigenvalue weighted by molar-refractivity contribution is 5.68. The first kappa shape index (κ1) is 12.2. The molecule has 96 valence electrons. The van der Waals surface area contributed by atoms with Crippen LogP contribution in [0.15, 0.2) is 60.7 Å². The van der Waals surface area contributed by atoms with Gasteiger partial charge in [0.25, 0.3) is 0 Å². The van der Waals surface area contributed by atoms with Crippen LogP contribution in [0.4, 0.5) is 0 Å². The van der Waals surface area contributed by atoms with Crippen molar-refractivity contribution < 1.29 is 0 Å². The van der Waals surface area contributed by atoms with Crippen molar-refractivity contribution in [3.05, 3.63) is 77.4 Å². The lowest BCUT2D eigenvalue weighted by atomic mass is 9.74. The minimum absolute atomic E-state index is 0.0286. The van der Waals surface area contributed by atoms with Crippen LogP contribution in [0.3, 0.4) is 0 Å². The molecule has 2 aromatic rings. The maximum atomic E-state index is 3.29. The van der Waals surface area contributed by atoms with Crippen molar-refractivity contribution in [2.75, 3.05) is 13.6 Å². The average molecular weight is 249 g/mol. The van der Waals surface area contributed by atoms with Crippen molar-refractivity contribution in [3.63, 3.8) is 0 Å². The summed E-state index contributed by atoms with van der Waals surface area (Å²) in [6.07, 6.45) is 5.71. The van der Waals surface area contributed by atoms with Crippen molar-refractivity contribution in [2.45, 2.75) is 11.8 Å². The number of fused-ring (bicyclic) bond motifs is 1. The first-order chi connectivity index (χ1) is 9.37. The van der Waals surface area contributed by atoms with Gasteiger partial charge < -0.3 is 5.32 Å². The van der Waals surface area contributed by atoms with Crippen LogP contribution < -0.4 is 5.32 Å². The molecule has 0 aliphatic heterocycles. The third kappa shape index (κ3) is 2.00. The van der Waals surface area contributed by atoms with Crippen LogP contribution in [0.25, 0.3) is 6.08 Å². The summed E-state index contributed by atoms with van der Waals surface area (Å²) in [5, 5.41) is 3.29. The molecule has 0 heterocycles. The fourth-order valence-corrected chi connectivity index (χ4v) is 3.04. The van der Waals surface area contributed by atoms with Crippen molar-refractivity contribution in [1.29, 1.82) is 0 Å². The zero-order valence-corrected chi connectivity index (χ0v) is 11.3. The van der Waals surface area contributed by atoms with Gasteiger partial charge in [0.05, 0.1) is 0 Å². The topological polar surface area (TPSA) is 12.0 Å². The molecule has 19 heavy (non-hydrogen) atoms. The Morgan fingerprint density at radius 2 is 1.68 bits per heavy atom. The molecule has 0 amide bonds. The number of rotatable bonds is 4. The first-order valence-electron chi connectivity index (χ1n) is 6.86. The van der Waals surface area contributed by atoms with Crippen LogP contribution in [0.5, 0.6) is 0 Å². The Labute approximate surface area is 115 Å². The molecule has 0 fully saturated rings. The van der Waals surface area contributed by atoms with E-state index in [0.717, 1.165) is 13.0 Å². The molecule has 0 spiro atoms. The lowest BCUT2D eigenvalue weighted by Gasteiger charge is -2.30. The summed E-state index contributed by atoms with van der Waals surface area (Å²) >= 11 is 0. The van der Waals surface area contributed by atoms with Crippen LogP contribution in [-0.2, 0) is 5.41 Å². The van der Waals surface area contributed by atoms with E-state index in [1.165, 1.54) is 16.7 Å². The lowest BCUT2D eigenvalue weighted by Crippen LogP contribution is -2.28. The number of benzene rings is 2. The van der Waals surface area contributed by atoms with Gasteiger partial charge in [-0.3, -0.25) is 0 Å². The molecule has 0 aromatic heterocycles. The van der Waals surface area contributed by atoms with Crippen LogP contribution in [0.1, 0.15) is 23.1 Å². The first-order valence-corrected chi connectivity index (χ1v) is 6.86. The predicted molar refractivity (Wildman–Crippen MR) is 81.2 cm³/mol. The number of allylic oxidation sites excluding steroid dienone is 1. The maximum Gasteiger partial charge on any atom is 0.0403 e. The molecule has 0 bridgehead atoms. The van der Waals surface area contributed by atoms with Gasteiger partial charge in [-0.1, -0.05) is 66.7 Å². The van der Waals surface area contributed by atoms with E-state index in [-0.39, 0.29) is 5.41 Å². The third-order valence-electron chi connectivity index (χ3n) is 4.05. The molecule has 0 radical (unpaired) electrons. The molecule has 3 rings (SSSR count). The number of nitrogens with one attached hydrogen (secondary N) is 1. The van der Waals surface area contributed by atoms with Gasteiger partial charge in [-0.05, 0) is 36.7 Å². The van der Waals surface area contributed by atoms with Crippen LogP contribution >= 0.6 is 0 Å². The van der Waals surface area contributed by atoms with Crippen molar-refractivity contribution >= 4 is 6.08 Å². The molecule has 0 saturated carbocycles. The van der Waals surface area contributed by atoms with Gasteiger partial charge in [0.15, 0.2) is 0 Å². The monoisotopic (exact) mass is 249 g/mol. The molecule has 1 aliphatic rings. The Hall–Kier alpha value is -1.86. The Bertz CT molecular complexity index is 586. The van der Waals surface area contributed by atoms with Crippen molar-refractivity contribution in [1.82, 2.24) is 5.32 Å². The minimum atomic E-state index is 0.0286. The summed E-state index contributed by atoms with van der Waals surface area (Å²) in [5.41, 5.74) is 4.19. The van der Waals surface area contributed by atoms with Crippen molar-refractivity contribution in [3.8, 4) is 0 Å². The van der Waals surface area contributed by atoms with E-state index in [4.69, 9.17) is 0 Å². The van der Waals surface area contributed by atoms with Gasteiger partial charge >= 0.3 is 0 Å². The predicted octanol–water partition coefficient (Wildman–Crippen LogP) is 3.61. The molecule has 2 aromatic carbocycles. The Kier molecular flexibility index (Phi) is 3.22. The molecule has 0 saturated heterocycles. The van der Waals surface area contributed by atoms with E-state index in [2.05, 4.69) is 72.1 Å². The zero-order chi connectivity index (χ0) is 13.1. The van der Waals surface area contributed by atoms with Gasteiger partial charge in [0.1, 0.15) is 0 Å². The molecule has 1 atom stereocenters. The molecule has 1 N–H and O–H groups in total. The molecule has 1 aliphatic carbocycles.